The van der Waals surface area contributed by atoms with E-state index in [1.807, 2.05) is 4.90 Å². The number of benzene rings is 1. The largest absolute Gasteiger partial charge is 0.389 e. The smallest absolute Gasteiger partial charge is 0.314 e. The first-order chi connectivity index (χ1) is 10.4. The summed E-state index contributed by atoms with van der Waals surface area (Å²) in [5.41, 5.74) is 0.477. The van der Waals surface area contributed by atoms with Crippen LogP contribution in [-0.2, 0) is 0 Å². The Hall–Kier alpha value is -1.67. The molecule has 0 unspecified atom stereocenters. The number of rotatable bonds is 5. The lowest BCUT2D eigenvalue weighted by atomic mass is 9.99. The normalized spacial score (nSPS) is 18.1. The molecule has 0 radical (unpaired) electrons. The van der Waals surface area contributed by atoms with Gasteiger partial charge in [-0.15, -0.1) is 0 Å². The van der Waals surface area contributed by atoms with Gasteiger partial charge in [-0.3, -0.25) is 15.0 Å². The third-order valence-corrected chi connectivity index (χ3v) is 3.76. The number of hydrogen-bond acceptors (Lipinski definition) is 4. The van der Waals surface area contributed by atoms with E-state index in [9.17, 15) is 23.3 Å². The average molecular weight is 317 g/mol. The summed E-state index contributed by atoms with van der Waals surface area (Å²) >= 11 is 0. The van der Waals surface area contributed by atoms with Crippen LogP contribution in [0.2, 0.25) is 0 Å². The maximum absolute atomic E-state index is 12.6. The van der Waals surface area contributed by atoms with Crippen molar-refractivity contribution in [1.82, 2.24) is 10.2 Å². The minimum atomic E-state index is -4.23. The van der Waals surface area contributed by atoms with Crippen LogP contribution in [0.4, 0.5) is 18.9 Å². The minimum Gasteiger partial charge on any atom is -0.314 e. The number of halogens is 3. The fourth-order valence-corrected chi connectivity index (χ4v) is 2.70. The molecule has 1 fully saturated rings. The number of nitro groups is 1. The van der Waals surface area contributed by atoms with Crippen molar-refractivity contribution in [3.8, 4) is 0 Å². The van der Waals surface area contributed by atoms with Crippen molar-refractivity contribution in [1.29, 1.82) is 0 Å². The van der Waals surface area contributed by atoms with Gasteiger partial charge >= 0.3 is 6.18 Å². The van der Waals surface area contributed by atoms with E-state index in [1.54, 1.807) is 6.07 Å². The van der Waals surface area contributed by atoms with E-state index in [4.69, 9.17) is 0 Å². The molecule has 0 spiro atoms. The fourth-order valence-electron chi connectivity index (χ4n) is 2.70. The molecule has 1 heterocycles. The molecule has 1 aromatic rings. The zero-order valence-corrected chi connectivity index (χ0v) is 12.0. The second-order valence-corrected chi connectivity index (χ2v) is 5.31. The first-order valence-corrected chi connectivity index (χ1v) is 7.13. The van der Waals surface area contributed by atoms with Crippen molar-refractivity contribution in [3.63, 3.8) is 0 Å². The van der Waals surface area contributed by atoms with Gasteiger partial charge < -0.3 is 5.32 Å². The van der Waals surface area contributed by atoms with Crippen LogP contribution >= 0.6 is 0 Å². The van der Waals surface area contributed by atoms with Crippen LogP contribution in [0.25, 0.3) is 0 Å². The third-order valence-electron chi connectivity index (χ3n) is 3.76. The van der Waals surface area contributed by atoms with Crippen LogP contribution in [0, 0.1) is 10.1 Å². The van der Waals surface area contributed by atoms with Gasteiger partial charge in [0.2, 0.25) is 0 Å². The Morgan fingerprint density at radius 3 is 2.59 bits per heavy atom. The van der Waals surface area contributed by atoms with Crippen LogP contribution in [0.5, 0.6) is 0 Å². The summed E-state index contributed by atoms with van der Waals surface area (Å²) < 4.78 is 37.7. The lowest BCUT2D eigenvalue weighted by molar-refractivity contribution is -0.385. The van der Waals surface area contributed by atoms with Crippen molar-refractivity contribution >= 4 is 5.69 Å². The van der Waals surface area contributed by atoms with E-state index >= 15 is 0 Å². The van der Waals surface area contributed by atoms with Gasteiger partial charge in [0, 0.05) is 50.8 Å². The Morgan fingerprint density at radius 1 is 1.32 bits per heavy atom. The molecule has 0 amide bonds. The molecular weight excluding hydrogens is 299 g/mol. The maximum atomic E-state index is 12.6. The molecule has 1 aliphatic heterocycles. The van der Waals surface area contributed by atoms with Crippen LogP contribution < -0.4 is 5.32 Å². The Balaban J connectivity index is 2.22. The highest BCUT2D eigenvalue weighted by Gasteiger charge is 2.31. The Morgan fingerprint density at radius 2 is 2.00 bits per heavy atom. The van der Waals surface area contributed by atoms with Crippen molar-refractivity contribution in [2.45, 2.75) is 25.1 Å². The zero-order chi connectivity index (χ0) is 16.2. The number of nitrogens with zero attached hydrogens (tertiary/aromatic N) is 2. The maximum Gasteiger partial charge on any atom is 0.389 e. The predicted octanol–water partition coefficient (Wildman–Crippen LogP) is 2.88. The lowest BCUT2D eigenvalue weighted by Crippen LogP contribution is -2.45. The van der Waals surface area contributed by atoms with Crippen LogP contribution in [0.1, 0.15) is 24.4 Å². The first-order valence-electron chi connectivity index (χ1n) is 7.13. The van der Waals surface area contributed by atoms with Gasteiger partial charge in [0.15, 0.2) is 0 Å². The summed E-state index contributed by atoms with van der Waals surface area (Å²) in [5, 5.41) is 14.0. The van der Waals surface area contributed by atoms with Crippen molar-refractivity contribution in [3.05, 3.63) is 39.9 Å². The summed E-state index contributed by atoms with van der Waals surface area (Å²) in [5.74, 6) is 0. The zero-order valence-electron chi connectivity index (χ0n) is 12.0. The highest BCUT2D eigenvalue weighted by Crippen LogP contribution is 2.32. The van der Waals surface area contributed by atoms with Crippen LogP contribution in [-0.4, -0.2) is 42.2 Å². The predicted molar refractivity (Wildman–Crippen MR) is 75.6 cm³/mol. The Kier molecular flexibility index (Phi) is 5.36. The lowest BCUT2D eigenvalue weighted by Gasteiger charge is -2.35. The Labute approximate surface area is 126 Å². The molecule has 8 heteroatoms. The summed E-state index contributed by atoms with van der Waals surface area (Å²) in [4.78, 5) is 12.3. The molecule has 2 rings (SSSR count). The molecule has 5 nitrogen and oxygen atoms in total. The number of hydrogen-bond donors (Lipinski definition) is 1. The highest BCUT2D eigenvalue weighted by molar-refractivity contribution is 5.36. The van der Waals surface area contributed by atoms with Crippen LogP contribution in [0.15, 0.2) is 24.3 Å². The van der Waals surface area contributed by atoms with Crippen molar-refractivity contribution in [2.24, 2.45) is 0 Å². The quantitative estimate of drug-likeness (QED) is 0.670. The van der Waals surface area contributed by atoms with E-state index in [0.29, 0.717) is 31.7 Å². The topological polar surface area (TPSA) is 58.4 Å². The Bertz CT molecular complexity index is 516. The second-order valence-electron chi connectivity index (χ2n) is 5.31. The highest BCUT2D eigenvalue weighted by atomic mass is 19.4. The molecule has 0 bridgehead atoms. The number of piperazine rings is 1. The fraction of sp³-hybridized carbons (Fsp3) is 0.571. The van der Waals surface area contributed by atoms with Crippen LogP contribution in [0.3, 0.4) is 0 Å². The van der Waals surface area contributed by atoms with Gasteiger partial charge in [0.05, 0.1) is 4.92 Å². The summed E-state index contributed by atoms with van der Waals surface area (Å²) in [6.07, 6.45) is -5.22. The van der Waals surface area contributed by atoms with Gasteiger partial charge in [-0.1, -0.05) is 12.1 Å². The molecule has 0 saturated carbocycles. The molecule has 0 aliphatic carbocycles. The SMILES string of the molecule is O=[N+]([O-])c1cccc([C@@H](CCC(F)(F)F)N2CCNCC2)c1. The van der Waals surface area contributed by atoms with Gasteiger partial charge in [0.1, 0.15) is 0 Å². The van der Waals surface area contributed by atoms with Crippen molar-refractivity contribution in [2.75, 3.05) is 26.2 Å². The van der Waals surface area contributed by atoms with Gasteiger partial charge in [-0.05, 0) is 12.0 Å². The third kappa shape index (κ3) is 4.67. The number of nitrogens with one attached hydrogen (secondary N) is 1. The van der Waals surface area contributed by atoms with Gasteiger partial charge in [-0.25, -0.2) is 0 Å². The van der Waals surface area contributed by atoms with Gasteiger partial charge in [0.25, 0.3) is 5.69 Å². The van der Waals surface area contributed by atoms with Gasteiger partial charge in [-0.2, -0.15) is 13.2 Å². The summed E-state index contributed by atoms with van der Waals surface area (Å²) in [6, 6.07) is 5.46. The average Bonchev–Trinajstić information content (AvgIpc) is 2.48. The standard InChI is InChI=1S/C14H18F3N3O2/c15-14(16,17)5-4-13(19-8-6-18-7-9-19)11-2-1-3-12(10-11)20(21)22/h1-3,10,13,18H,4-9H2/t13-/m1/s1. The molecule has 122 valence electrons. The molecule has 22 heavy (non-hydrogen) atoms. The first kappa shape index (κ1) is 16.7. The molecule has 1 N–H and O–H groups in total. The number of alkyl halides is 3. The molecule has 1 aliphatic rings. The van der Waals surface area contributed by atoms with Crippen molar-refractivity contribution < 1.29 is 18.1 Å². The molecule has 1 saturated heterocycles. The van der Waals surface area contributed by atoms with E-state index < -0.39 is 23.6 Å². The number of nitro benzene ring substituents is 1. The second kappa shape index (κ2) is 7.06. The van der Waals surface area contributed by atoms with E-state index in [1.165, 1.54) is 18.2 Å². The molecular formula is C14H18F3N3O2. The summed E-state index contributed by atoms with van der Waals surface area (Å²) in [7, 11) is 0. The molecule has 1 aromatic carbocycles. The summed E-state index contributed by atoms with van der Waals surface area (Å²) in [6.45, 7) is 2.67. The number of non-ortho nitro benzene ring substituents is 1. The molecule has 1 atom stereocenters. The monoisotopic (exact) mass is 317 g/mol. The minimum absolute atomic E-state index is 0.0926. The van der Waals surface area contributed by atoms with E-state index in [-0.39, 0.29) is 12.1 Å². The van der Waals surface area contributed by atoms with E-state index in [0.717, 1.165) is 0 Å². The van der Waals surface area contributed by atoms with E-state index in [2.05, 4.69) is 5.32 Å². The molecule has 0 aromatic heterocycles.